The molecular formula is C18H28FIN4O3. The minimum Gasteiger partial charge on any atom is -0.453 e. The van der Waals surface area contributed by atoms with Crippen molar-refractivity contribution in [2.24, 2.45) is 4.99 Å². The lowest BCUT2D eigenvalue weighted by atomic mass is 10.1. The zero-order chi connectivity index (χ0) is 18.9. The van der Waals surface area contributed by atoms with Gasteiger partial charge in [-0.2, -0.15) is 0 Å². The van der Waals surface area contributed by atoms with E-state index in [-0.39, 0.29) is 48.5 Å². The summed E-state index contributed by atoms with van der Waals surface area (Å²) in [6.07, 6.45) is 0.485. The van der Waals surface area contributed by atoms with Gasteiger partial charge in [-0.1, -0.05) is 12.1 Å². The number of carbonyl (C=O) groups excluding carboxylic acids is 1. The van der Waals surface area contributed by atoms with E-state index in [4.69, 9.17) is 4.74 Å². The molecule has 0 spiro atoms. The Bertz CT molecular complexity index is 607. The van der Waals surface area contributed by atoms with Crippen LogP contribution < -0.4 is 10.6 Å². The van der Waals surface area contributed by atoms with Crippen molar-refractivity contribution in [3.05, 3.63) is 35.6 Å². The van der Waals surface area contributed by atoms with Crippen molar-refractivity contribution in [1.29, 1.82) is 0 Å². The maximum atomic E-state index is 13.0. The third-order valence-electron chi connectivity index (χ3n) is 4.29. The van der Waals surface area contributed by atoms with E-state index in [1.165, 1.54) is 19.2 Å². The van der Waals surface area contributed by atoms with Gasteiger partial charge in [0.1, 0.15) is 5.82 Å². The monoisotopic (exact) mass is 494 g/mol. The number of piperidine rings is 1. The smallest absolute Gasteiger partial charge is 0.409 e. The van der Waals surface area contributed by atoms with Gasteiger partial charge in [0.05, 0.1) is 19.8 Å². The predicted molar refractivity (Wildman–Crippen MR) is 113 cm³/mol. The molecule has 0 bridgehead atoms. The molecule has 1 unspecified atom stereocenters. The summed E-state index contributed by atoms with van der Waals surface area (Å²) in [7, 11) is 1.38. The summed E-state index contributed by atoms with van der Waals surface area (Å²) in [6, 6.07) is 5.94. The Kier molecular flexibility index (Phi) is 10.4. The highest BCUT2D eigenvalue weighted by Crippen LogP contribution is 2.14. The van der Waals surface area contributed by atoms with E-state index >= 15 is 0 Å². The van der Waals surface area contributed by atoms with Crippen LogP contribution in [0.15, 0.2) is 29.3 Å². The number of carbonyl (C=O) groups is 1. The molecular weight excluding hydrogens is 466 g/mol. The van der Waals surface area contributed by atoms with Gasteiger partial charge < -0.3 is 25.4 Å². The van der Waals surface area contributed by atoms with E-state index in [0.29, 0.717) is 31.2 Å². The van der Waals surface area contributed by atoms with Gasteiger partial charge in [0.15, 0.2) is 5.96 Å². The van der Waals surface area contributed by atoms with Crippen molar-refractivity contribution in [3.8, 4) is 0 Å². The number of hydrogen-bond acceptors (Lipinski definition) is 4. The maximum Gasteiger partial charge on any atom is 0.409 e. The number of aliphatic hydroxyl groups is 1. The number of rotatable bonds is 5. The minimum absolute atomic E-state index is 0. The molecule has 1 aromatic rings. The lowest BCUT2D eigenvalue weighted by Crippen LogP contribution is -2.49. The average Bonchev–Trinajstić information content (AvgIpc) is 2.66. The topological polar surface area (TPSA) is 86.2 Å². The minimum atomic E-state index is -0.799. The highest BCUT2D eigenvalue weighted by molar-refractivity contribution is 14.0. The molecule has 0 saturated carbocycles. The van der Waals surface area contributed by atoms with Crippen molar-refractivity contribution in [2.75, 3.05) is 33.3 Å². The molecule has 1 amide bonds. The second kappa shape index (κ2) is 12.0. The van der Waals surface area contributed by atoms with Crippen molar-refractivity contribution in [1.82, 2.24) is 15.5 Å². The molecule has 9 heteroatoms. The van der Waals surface area contributed by atoms with Gasteiger partial charge in [-0.15, -0.1) is 24.0 Å². The number of halogens is 2. The van der Waals surface area contributed by atoms with Crippen LogP contribution in [0.3, 0.4) is 0 Å². The Morgan fingerprint density at radius 3 is 2.56 bits per heavy atom. The fraction of sp³-hybridized carbons (Fsp3) is 0.556. The van der Waals surface area contributed by atoms with Crippen LogP contribution in [-0.4, -0.2) is 61.4 Å². The van der Waals surface area contributed by atoms with Crippen molar-refractivity contribution >= 4 is 36.0 Å². The lowest BCUT2D eigenvalue weighted by molar-refractivity contribution is 0.111. The zero-order valence-electron chi connectivity index (χ0n) is 15.7. The second-order valence-electron chi connectivity index (χ2n) is 6.16. The fourth-order valence-electron chi connectivity index (χ4n) is 2.82. The number of guanidine groups is 1. The second-order valence-corrected chi connectivity index (χ2v) is 6.16. The Balaban J connectivity index is 0.00000364. The molecule has 27 heavy (non-hydrogen) atoms. The van der Waals surface area contributed by atoms with Crippen LogP contribution in [-0.2, 0) is 4.74 Å². The highest BCUT2D eigenvalue weighted by Gasteiger charge is 2.23. The van der Waals surface area contributed by atoms with Gasteiger partial charge in [-0.05, 0) is 37.5 Å². The van der Waals surface area contributed by atoms with Gasteiger partial charge in [-0.25, -0.2) is 9.18 Å². The van der Waals surface area contributed by atoms with Crippen molar-refractivity contribution in [3.63, 3.8) is 0 Å². The molecule has 1 atom stereocenters. The van der Waals surface area contributed by atoms with Crippen molar-refractivity contribution in [2.45, 2.75) is 31.9 Å². The van der Waals surface area contributed by atoms with Crippen molar-refractivity contribution < 1.29 is 19.0 Å². The standard InChI is InChI=1S/C18H27FN4O3.HI/c1-3-20-17(21-12-16(24)13-4-6-14(19)7-5-13)22-15-8-10-23(11-9-15)18(25)26-2;/h4-7,15-16,24H,3,8-12H2,1-2H3,(H2,20,21,22);1H. The number of nitrogens with zero attached hydrogens (tertiary/aromatic N) is 2. The van der Waals surface area contributed by atoms with E-state index in [1.807, 2.05) is 6.92 Å². The molecule has 152 valence electrons. The number of likely N-dealkylation sites (tertiary alicyclic amines) is 1. The van der Waals surface area contributed by atoms with E-state index in [0.717, 1.165) is 12.8 Å². The third-order valence-corrected chi connectivity index (χ3v) is 4.29. The molecule has 0 radical (unpaired) electrons. The summed E-state index contributed by atoms with van der Waals surface area (Å²) in [6.45, 7) is 4.08. The summed E-state index contributed by atoms with van der Waals surface area (Å²) in [5, 5.41) is 16.7. The average molecular weight is 494 g/mol. The molecule has 2 rings (SSSR count). The summed E-state index contributed by atoms with van der Waals surface area (Å²) < 4.78 is 17.7. The molecule has 1 fully saturated rings. The van der Waals surface area contributed by atoms with Crippen LogP contribution >= 0.6 is 24.0 Å². The number of aliphatic imine (C=N–C) groups is 1. The Morgan fingerprint density at radius 2 is 2.00 bits per heavy atom. The van der Waals surface area contributed by atoms with Gasteiger partial charge in [0, 0.05) is 25.7 Å². The summed E-state index contributed by atoms with van der Waals surface area (Å²) in [5.74, 6) is 0.280. The van der Waals surface area contributed by atoms with Crippen LogP contribution in [0.5, 0.6) is 0 Å². The van der Waals surface area contributed by atoms with Crippen LogP contribution in [0, 0.1) is 5.82 Å². The number of aliphatic hydroxyl groups excluding tert-OH is 1. The Hall–Kier alpha value is -1.62. The molecule has 3 N–H and O–H groups in total. The summed E-state index contributed by atoms with van der Waals surface area (Å²) in [4.78, 5) is 17.6. The SMILES string of the molecule is CCNC(=NCC(O)c1ccc(F)cc1)NC1CCN(C(=O)OC)CC1.I. The molecule has 7 nitrogen and oxygen atoms in total. The largest absolute Gasteiger partial charge is 0.453 e. The van der Waals surface area contributed by atoms with Crippen LogP contribution in [0.2, 0.25) is 0 Å². The number of methoxy groups -OCH3 is 1. The number of ether oxygens (including phenoxy) is 1. The lowest BCUT2D eigenvalue weighted by Gasteiger charge is -2.32. The Labute approximate surface area is 176 Å². The predicted octanol–water partition coefficient (Wildman–Crippen LogP) is 2.26. The zero-order valence-corrected chi connectivity index (χ0v) is 18.0. The highest BCUT2D eigenvalue weighted by atomic mass is 127. The van der Waals surface area contributed by atoms with E-state index in [2.05, 4.69) is 15.6 Å². The van der Waals surface area contributed by atoms with Gasteiger partial charge in [0.25, 0.3) is 0 Å². The van der Waals surface area contributed by atoms with E-state index in [1.54, 1.807) is 17.0 Å². The Morgan fingerprint density at radius 1 is 1.37 bits per heavy atom. The van der Waals surface area contributed by atoms with E-state index in [9.17, 15) is 14.3 Å². The van der Waals surface area contributed by atoms with Crippen LogP contribution in [0.4, 0.5) is 9.18 Å². The van der Waals surface area contributed by atoms with Gasteiger partial charge >= 0.3 is 6.09 Å². The molecule has 0 aliphatic carbocycles. The summed E-state index contributed by atoms with van der Waals surface area (Å²) in [5.41, 5.74) is 0.623. The maximum absolute atomic E-state index is 13.0. The first-order valence-corrected chi connectivity index (χ1v) is 8.84. The van der Waals surface area contributed by atoms with Gasteiger partial charge in [0.2, 0.25) is 0 Å². The molecule has 1 saturated heterocycles. The first kappa shape index (κ1) is 23.4. The molecule has 1 aliphatic rings. The summed E-state index contributed by atoms with van der Waals surface area (Å²) >= 11 is 0. The number of hydrogen-bond donors (Lipinski definition) is 3. The quantitative estimate of drug-likeness (QED) is 0.332. The number of amides is 1. The normalized spacial score (nSPS) is 16.3. The van der Waals surface area contributed by atoms with Crippen LogP contribution in [0.1, 0.15) is 31.4 Å². The van der Waals surface area contributed by atoms with Crippen LogP contribution in [0.25, 0.3) is 0 Å². The molecule has 1 aliphatic heterocycles. The molecule has 1 heterocycles. The first-order chi connectivity index (χ1) is 12.5. The molecule has 1 aromatic carbocycles. The molecule has 0 aromatic heterocycles. The van der Waals surface area contributed by atoms with Gasteiger partial charge in [-0.3, -0.25) is 4.99 Å². The fourth-order valence-corrected chi connectivity index (χ4v) is 2.82. The van der Waals surface area contributed by atoms with E-state index < -0.39 is 6.10 Å². The third kappa shape index (κ3) is 7.49. The first-order valence-electron chi connectivity index (χ1n) is 8.84. The number of nitrogens with one attached hydrogen (secondary N) is 2. The number of benzene rings is 1.